The monoisotopic (exact) mass is 481 g/mol. The Kier molecular flexibility index (Phi) is 10.9. The third-order valence-electron chi connectivity index (χ3n) is 4.81. The molecule has 0 unspecified atom stereocenters. The summed E-state index contributed by atoms with van der Waals surface area (Å²) in [5.41, 5.74) is 11.1. The number of carbonyl (C=O) groups excluding carboxylic acids is 4. The van der Waals surface area contributed by atoms with Gasteiger partial charge in [0.1, 0.15) is 29.9 Å². The molecule has 1 rings (SSSR count). The lowest BCUT2D eigenvalue weighted by atomic mass is 10.00. The van der Waals surface area contributed by atoms with Crippen LogP contribution in [0.25, 0.3) is 0 Å². The number of benzene rings is 1. The number of aliphatic hydroxyl groups is 1. The van der Waals surface area contributed by atoms with Crippen LogP contribution in [0, 0.1) is 5.92 Å². The molecule has 0 aliphatic heterocycles. The molecule has 0 spiro atoms. The number of nitrogens with two attached hydrogens (primary N) is 2. The molecule has 1 aromatic rings. The maximum atomic E-state index is 13.0. The highest BCUT2D eigenvalue weighted by molar-refractivity contribution is 5.95. The molecule has 0 saturated carbocycles. The SMILES string of the molecule is CC(C)[C@H](NC(=O)[C@H](Cc1ccc(O)cc1)NC(=O)[C@@H](N)CO)C(=O)N[C@@H](CC(N)=O)C(=O)O. The zero-order chi connectivity index (χ0) is 26.0. The van der Waals surface area contributed by atoms with E-state index in [9.17, 15) is 34.2 Å². The number of phenols is 1. The second-order valence-corrected chi connectivity index (χ2v) is 8.02. The van der Waals surface area contributed by atoms with Gasteiger partial charge < -0.3 is 42.7 Å². The zero-order valence-corrected chi connectivity index (χ0v) is 18.9. The summed E-state index contributed by atoms with van der Waals surface area (Å²) in [5, 5.41) is 34.8. The van der Waals surface area contributed by atoms with Crippen LogP contribution in [0.3, 0.4) is 0 Å². The molecule has 0 aromatic heterocycles. The molecule has 10 N–H and O–H groups in total. The first-order valence-corrected chi connectivity index (χ1v) is 10.4. The summed E-state index contributed by atoms with van der Waals surface area (Å²) >= 11 is 0. The van der Waals surface area contributed by atoms with Crippen LogP contribution in [0.1, 0.15) is 25.8 Å². The highest BCUT2D eigenvalue weighted by Gasteiger charge is 2.32. The smallest absolute Gasteiger partial charge is 0.326 e. The summed E-state index contributed by atoms with van der Waals surface area (Å²) in [7, 11) is 0. The van der Waals surface area contributed by atoms with Gasteiger partial charge in [-0.15, -0.1) is 0 Å². The van der Waals surface area contributed by atoms with E-state index in [2.05, 4.69) is 16.0 Å². The number of rotatable bonds is 13. The number of phenolic OH excluding ortho intramolecular Hbond substituents is 1. The standard InChI is InChI=1S/C21H31N5O8/c1-10(2)17(20(32)25-15(21(33)34)8-16(23)29)26-19(31)14(24-18(30)13(22)9-27)7-11-3-5-12(28)6-4-11/h3-6,10,13-15,17,27-28H,7-9,22H2,1-2H3,(H2,23,29)(H,24,30)(H,25,32)(H,26,31)(H,33,34)/t13-,14-,15-,17-/m0/s1. The first-order valence-electron chi connectivity index (χ1n) is 10.4. The Hall–Kier alpha value is -3.71. The fraction of sp³-hybridized carbons (Fsp3) is 0.476. The molecule has 13 heteroatoms. The summed E-state index contributed by atoms with van der Waals surface area (Å²) in [5.74, 6) is -5.36. The number of primary amides is 1. The molecule has 4 atom stereocenters. The van der Waals surface area contributed by atoms with Crippen LogP contribution in [0.4, 0.5) is 0 Å². The van der Waals surface area contributed by atoms with E-state index < -0.39 is 72.7 Å². The van der Waals surface area contributed by atoms with Gasteiger partial charge in [0.25, 0.3) is 0 Å². The topological polar surface area (TPSA) is 234 Å². The number of aliphatic hydroxyl groups excluding tert-OH is 1. The van der Waals surface area contributed by atoms with E-state index in [1.165, 1.54) is 24.3 Å². The van der Waals surface area contributed by atoms with Crippen molar-refractivity contribution < 1.29 is 39.3 Å². The molecule has 0 saturated heterocycles. The number of nitrogens with one attached hydrogen (secondary N) is 3. The second-order valence-electron chi connectivity index (χ2n) is 8.02. The van der Waals surface area contributed by atoms with Gasteiger partial charge in [0.2, 0.25) is 23.6 Å². The molecular formula is C21H31N5O8. The number of aliphatic carboxylic acids is 1. The average Bonchev–Trinajstić information content (AvgIpc) is 2.76. The summed E-state index contributed by atoms with van der Waals surface area (Å²) in [4.78, 5) is 60.4. The van der Waals surface area contributed by atoms with Crippen molar-refractivity contribution in [3.63, 3.8) is 0 Å². The average molecular weight is 482 g/mol. The van der Waals surface area contributed by atoms with Crippen molar-refractivity contribution in [3.8, 4) is 5.75 Å². The molecule has 34 heavy (non-hydrogen) atoms. The highest BCUT2D eigenvalue weighted by atomic mass is 16.4. The van der Waals surface area contributed by atoms with Crippen molar-refractivity contribution in [2.75, 3.05) is 6.61 Å². The van der Waals surface area contributed by atoms with Gasteiger partial charge >= 0.3 is 5.97 Å². The van der Waals surface area contributed by atoms with Crippen molar-refractivity contribution in [1.82, 2.24) is 16.0 Å². The maximum Gasteiger partial charge on any atom is 0.326 e. The largest absolute Gasteiger partial charge is 0.508 e. The molecule has 0 aliphatic rings. The minimum Gasteiger partial charge on any atom is -0.508 e. The summed E-state index contributed by atoms with van der Waals surface area (Å²) in [6.45, 7) is 2.54. The van der Waals surface area contributed by atoms with Crippen molar-refractivity contribution in [2.45, 2.75) is 50.9 Å². The minimum absolute atomic E-state index is 0.00317. The van der Waals surface area contributed by atoms with Crippen LogP contribution < -0.4 is 27.4 Å². The molecule has 0 aliphatic carbocycles. The minimum atomic E-state index is -1.58. The van der Waals surface area contributed by atoms with E-state index in [4.69, 9.17) is 16.6 Å². The van der Waals surface area contributed by atoms with Crippen LogP contribution in [0.2, 0.25) is 0 Å². The van der Waals surface area contributed by atoms with Crippen molar-refractivity contribution in [1.29, 1.82) is 0 Å². The fourth-order valence-electron chi connectivity index (χ4n) is 2.89. The van der Waals surface area contributed by atoms with E-state index >= 15 is 0 Å². The number of hydrogen-bond acceptors (Lipinski definition) is 8. The number of carbonyl (C=O) groups is 5. The van der Waals surface area contributed by atoms with E-state index in [1.807, 2.05) is 0 Å². The third kappa shape index (κ3) is 9.03. The van der Waals surface area contributed by atoms with Gasteiger partial charge in [-0.3, -0.25) is 19.2 Å². The van der Waals surface area contributed by atoms with Crippen LogP contribution in [-0.2, 0) is 30.4 Å². The van der Waals surface area contributed by atoms with Crippen molar-refractivity contribution in [2.24, 2.45) is 17.4 Å². The van der Waals surface area contributed by atoms with Crippen LogP contribution in [-0.4, -0.2) is 75.7 Å². The number of aromatic hydroxyl groups is 1. The summed E-state index contributed by atoms with van der Waals surface area (Å²) in [6, 6.07) is 0.533. The molecule has 13 nitrogen and oxygen atoms in total. The van der Waals surface area contributed by atoms with Gasteiger partial charge in [0.15, 0.2) is 0 Å². The Morgan fingerprint density at radius 2 is 1.47 bits per heavy atom. The number of amides is 4. The predicted octanol–water partition coefficient (Wildman–Crippen LogP) is -2.68. The van der Waals surface area contributed by atoms with Crippen LogP contribution in [0.5, 0.6) is 5.75 Å². The van der Waals surface area contributed by atoms with E-state index in [0.717, 1.165) is 0 Å². The molecular weight excluding hydrogens is 450 g/mol. The van der Waals surface area contributed by atoms with Crippen LogP contribution >= 0.6 is 0 Å². The van der Waals surface area contributed by atoms with Gasteiger partial charge in [-0.25, -0.2) is 4.79 Å². The van der Waals surface area contributed by atoms with E-state index in [1.54, 1.807) is 13.8 Å². The number of hydrogen-bond donors (Lipinski definition) is 8. The Bertz CT molecular complexity index is 890. The van der Waals surface area contributed by atoms with Gasteiger partial charge in [0.05, 0.1) is 13.0 Å². The maximum absolute atomic E-state index is 13.0. The quantitative estimate of drug-likeness (QED) is 0.146. The Morgan fingerprint density at radius 1 is 0.912 bits per heavy atom. The number of carboxylic acid groups (broad SMARTS) is 1. The molecule has 0 bridgehead atoms. The molecule has 0 heterocycles. The van der Waals surface area contributed by atoms with E-state index in [0.29, 0.717) is 5.56 Å². The normalized spacial score (nSPS) is 14.4. The second kappa shape index (κ2) is 13.1. The first kappa shape index (κ1) is 28.3. The molecule has 0 radical (unpaired) electrons. The molecule has 1 aromatic carbocycles. The van der Waals surface area contributed by atoms with Crippen molar-refractivity contribution >= 4 is 29.6 Å². The first-order chi connectivity index (χ1) is 15.8. The van der Waals surface area contributed by atoms with Gasteiger partial charge in [-0.1, -0.05) is 26.0 Å². The molecule has 0 fully saturated rings. The van der Waals surface area contributed by atoms with E-state index in [-0.39, 0.29) is 12.2 Å². The number of carboxylic acids is 1. The summed E-state index contributed by atoms with van der Waals surface area (Å²) < 4.78 is 0. The van der Waals surface area contributed by atoms with Crippen molar-refractivity contribution in [3.05, 3.63) is 29.8 Å². The zero-order valence-electron chi connectivity index (χ0n) is 18.9. The van der Waals surface area contributed by atoms with Gasteiger partial charge in [-0.2, -0.15) is 0 Å². The highest BCUT2D eigenvalue weighted by Crippen LogP contribution is 2.12. The Labute approximate surface area is 195 Å². The van der Waals surface area contributed by atoms with Gasteiger partial charge in [0, 0.05) is 6.42 Å². The molecule has 188 valence electrons. The predicted molar refractivity (Wildman–Crippen MR) is 119 cm³/mol. The lowest BCUT2D eigenvalue weighted by Crippen LogP contribution is -2.59. The third-order valence-corrected chi connectivity index (χ3v) is 4.81. The Balaban J connectivity index is 3.08. The Morgan fingerprint density at radius 3 is 1.94 bits per heavy atom. The molecule has 4 amide bonds. The van der Waals surface area contributed by atoms with Crippen LogP contribution in [0.15, 0.2) is 24.3 Å². The fourth-order valence-corrected chi connectivity index (χ4v) is 2.89. The lowest BCUT2D eigenvalue weighted by Gasteiger charge is -2.27. The lowest BCUT2D eigenvalue weighted by molar-refractivity contribution is -0.144. The summed E-state index contributed by atoms with van der Waals surface area (Å²) in [6.07, 6.45) is -0.680. The van der Waals surface area contributed by atoms with Gasteiger partial charge in [-0.05, 0) is 23.6 Å².